The molecule has 0 unspecified atom stereocenters. The van der Waals surface area contributed by atoms with Gasteiger partial charge in [-0.05, 0) is 77.5 Å². The second-order valence-corrected chi connectivity index (χ2v) is 13.5. The summed E-state index contributed by atoms with van der Waals surface area (Å²) in [5, 5.41) is 7.94. The zero-order chi connectivity index (χ0) is 32.6. The Morgan fingerprint density at radius 3 is 2.32 bits per heavy atom. The van der Waals surface area contributed by atoms with Gasteiger partial charge >= 0.3 is 18.2 Å². The maximum atomic E-state index is 14.5. The first-order valence-electron chi connectivity index (χ1n) is 14.5. The molecule has 1 amide bonds. The molecule has 44 heavy (non-hydrogen) atoms. The molecule has 4 rings (SSSR count). The summed E-state index contributed by atoms with van der Waals surface area (Å²) in [5.74, 6) is -0.990. The Morgan fingerprint density at radius 1 is 1.09 bits per heavy atom. The molecule has 1 fully saturated rings. The van der Waals surface area contributed by atoms with E-state index in [9.17, 15) is 22.8 Å². The van der Waals surface area contributed by atoms with Gasteiger partial charge < -0.3 is 19.7 Å². The molecule has 9 nitrogen and oxygen atoms in total. The smallest absolute Gasteiger partial charge is 0.416 e. The largest absolute Gasteiger partial charge is 0.459 e. The number of nitrogens with one attached hydrogen (secondary N) is 1. The number of aromatic nitrogens is 3. The number of fused-ring (bicyclic) bond motifs is 1. The summed E-state index contributed by atoms with van der Waals surface area (Å²) in [6.07, 6.45) is -4.40. The summed E-state index contributed by atoms with van der Waals surface area (Å²) in [4.78, 5) is 30.6. The number of amides is 1. The van der Waals surface area contributed by atoms with Gasteiger partial charge in [0.2, 0.25) is 0 Å². The number of halogens is 4. The molecule has 2 aromatic heterocycles. The lowest BCUT2D eigenvalue weighted by molar-refractivity contribution is -0.142. The molecule has 1 saturated heterocycles. The first-order valence-corrected chi connectivity index (χ1v) is 14.9. The average molecular weight is 638 g/mol. The summed E-state index contributed by atoms with van der Waals surface area (Å²) in [7, 11) is 0. The zero-order valence-corrected chi connectivity index (χ0v) is 26.8. The third-order valence-electron chi connectivity index (χ3n) is 7.07. The third kappa shape index (κ3) is 8.13. The fourth-order valence-electron chi connectivity index (χ4n) is 5.39. The van der Waals surface area contributed by atoms with Crippen LogP contribution in [0.5, 0.6) is 0 Å². The molecule has 3 aromatic rings. The Labute approximate surface area is 260 Å². The van der Waals surface area contributed by atoms with Gasteiger partial charge in [-0.1, -0.05) is 23.7 Å². The molecule has 0 bridgehead atoms. The van der Waals surface area contributed by atoms with Gasteiger partial charge in [0.1, 0.15) is 17.9 Å². The van der Waals surface area contributed by atoms with Crippen molar-refractivity contribution in [3.8, 4) is 0 Å². The first-order chi connectivity index (χ1) is 20.3. The van der Waals surface area contributed by atoms with Crippen LogP contribution in [0.4, 0.5) is 23.7 Å². The van der Waals surface area contributed by atoms with Crippen LogP contribution in [0, 0.1) is 0 Å². The molecule has 0 radical (unpaired) electrons. The van der Waals surface area contributed by atoms with Crippen LogP contribution in [0.1, 0.15) is 95.3 Å². The molecule has 0 spiro atoms. The van der Waals surface area contributed by atoms with Crippen LogP contribution in [0.15, 0.2) is 24.3 Å². The molecule has 1 aliphatic heterocycles. The van der Waals surface area contributed by atoms with Crippen LogP contribution >= 0.6 is 11.6 Å². The Balaban J connectivity index is 1.78. The zero-order valence-electron chi connectivity index (χ0n) is 26.1. The van der Waals surface area contributed by atoms with Gasteiger partial charge in [-0.2, -0.15) is 18.3 Å². The molecule has 1 aromatic carbocycles. The van der Waals surface area contributed by atoms with Crippen molar-refractivity contribution in [2.45, 2.75) is 97.6 Å². The van der Waals surface area contributed by atoms with E-state index in [0.717, 1.165) is 6.07 Å². The summed E-state index contributed by atoms with van der Waals surface area (Å²) in [6.45, 7) is 12.8. The molecule has 1 N–H and O–H groups in total. The predicted octanol–water partition coefficient (Wildman–Crippen LogP) is 7.38. The van der Waals surface area contributed by atoms with Crippen molar-refractivity contribution >= 4 is 35.0 Å². The Morgan fingerprint density at radius 2 is 1.75 bits per heavy atom. The predicted molar refractivity (Wildman–Crippen MR) is 161 cm³/mol. The molecular formula is C31H39ClF3N5O4. The van der Waals surface area contributed by atoms with Crippen LogP contribution in [0.25, 0.3) is 5.65 Å². The second-order valence-electron chi connectivity index (χ2n) is 13.1. The Hall–Kier alpha value is -3.54. The quantitative estimate of drug-likeness (QED) is 0.282. The molecule has 0 saturated carbocycles. The molecule has 0 aliphatic carbocycles. The number of carbonyl (C=O) groups excluding carboxylic acids is 2. The van der Waals surface area contributed by atoms with Gasteiger partial charge in [0.05, 0.1) is 16.9 Å². The van der Waals surface area contributed by atoms with Crippen molar-refractivity contribution in [2.24, 2.45) is 0 Å². The van der Waals surface area contributed by atoms with Crippen molar-refractivity contribution < 1.29 is 32.2 Å². The number of hydrogen-bond donors (Lipinski definition) is 1. The fourth-order valence-corrected chi connectivity index (χ4v) is 5.58. The lowest BCUT2D eigenvalue weighted by Gasteiger charge is -2.35. The van der Waals surface area contributed by atoms with E-state index in [-0.39, 0.29) is 42.4 Å². The standard InChI is InChI=1S/C31H39ClF3N5O4/c1-18(41)43-17-23-24(40-27(36-23)22(16-25(32)38-40)37-29(2,3)4)15-20-9-8-10-21(31(33,34)35)26(20)19-11-13-39(14-12-19)28(42)44-30(5,6)7/h8-10,16,19,37H,11-15,17H2,1-7H3. The van der Waals surface area contributed by atoms with E-state index in [1.54, 1.807) is 32.9 Å². The van der Waals surface area contributed by atoms with E-state index in [4.69, 9.17) is 26.1 Å². The second kappa shape index (κ2) is 12.5. The number of benzene rings is 1. The van der Waals surface area contributed by atoms with E-state index in [0.29, 0.717) is 41.1 Å². The molecule has 13 heteroatoms. The van der Waals surface area contributed by atoms with E-state index in [2.05, 4.69) is 10.4 Å². The summed E-state index contributed by atoms with van der Waals surface area (Å²) in [5.41, 5.74) is 0.634. The van der Waals surface area contributed by atoms with E-state index < -0.39 is 35.3 Å². The van der Waals surface area contributed by atoms with E-state index in [1.165, 1.54) is 22.4 Å². The molecular weight excluding hydrogens is 599 g/mol. The van der Waals surface area contributed by atoms with E-state index >= 15 is 0 Å². The number of hydrogen-bond acceptors (Lipinski definition) is 7. The minimum absolute atomic E-state index is 0.0194. The summed E-state index contributed by atoms with van der Waals surface area (Å²) in [6, 6.07) is 5.77. The van der Waals surface area contributed by atoms with Crippen LogP contribution in [-0.2, 0) is 33.5 Å². The summed E-state index contributed by atoms with van der Waals surface area (Å²) >= 11 is 6.41. The van der Waals surface area contributed by atoms with Crippen LogP contribution in [0.3, 0.4) is 0 Å². The van der Waals surface area contributed by atoms with Gasteiger partial charge in [-0.3, -0.25) is 4.79 Å². The molecule has 3 heterocycles. The van der Waals surface area contributed by atoms with Crippen LogP contribution < -0.4 is 5.32 Å². The normalized spacial score (nSPS) is 15.0. The van der Waals surface area contributed by atoms with Gasteiger partial charge in [-0.15, -0.1) is 0 Å². The number of rotatable bonds is 6. The Bertz CT molecular complexity index is 1530. The highest BCUT2D eigenvalue weighted by atomic mass is 35.5. The highest BCUT2D eigenvalue weighted by Crippen LogP contribution is 2.42. The number of carbonyl (C=O) groups is 2. The lowest BCUT2D eigenvalue weighted by atomic mass is 9.82. The number of anilines is 1. The number of alkyl halides is 3. The van der Waals surface area contributed by atoms with Crippen molar-refractivity contribution in [2.75, 3.05) is 18.4 Å². The number of imidazole rings is 1. The molecule has 1 aliphatic rings. The molecule has 0 atom stereocenters. The number of ether oxygens (including phenoxy) is 2. The van der Waals surface area contributed by atoms with Crippen LogP contribution in [-0.4, -0.2) is 55.8 Å². The fraction of sp³-hybridized carbons (Fsp3) is 0.548. The highest BCUT2D eigenvalue weighted by Gasteiger charge is 2.38. The van der Waals surface area contributed by atoms with Crippen molar-refractivity contribution in [3.63, 3.8) is 0 Å². The van der Waals surface area contributed by atoms with Crippen molar-refractivity contribution in [3.05, 3.63) is 57.5 Å². The first kappa shape index (κ1) is 33.4. The topological polar surface area (TPSA) is 98.1 Å². The minimum Gasteiger partial charge on any atom is -0.459 e. The maximum Gasteiger partial charge on any atom is 0.416 e. The monoisotopic (exact) mass is 637 g/mol. The number of piperidine rings is 1. The minimum atomic E-state index is -4.60. The molecule has 240 valence electrons. The number of esters is 1. The van der Waals surface area contributed by atoms with Crippen molar-refractivity contribution in [1.82, 2.24) is 19.5 Å². The van der Waals surface area contributed by atoms with Gasteiger partial charge in [0.25, 0.3) is 0 Å². The lowest BCUT2D eigenvalue weighted by Crippen LogP contribution is -2.41. The SMILES string of the molecule is CC(=O)OCc1nc2c(NC(C)(C)C)cc(Cl)nn2c1Cc1cccc(C(F)(F)F)c1C1CCN(C(=O)OC(C)(C)C)CC1. The average Bonchev–Trinajstić information content (AvgIpc) is 3.22. The Kier molecular flexibility index (Phi) is 9.44. The summed E-state index contributed by atoms with van der Waals surface area (Å²) < 4.78 is 55.6. The van der Waals surface area contributed by atoms with Gasteiger partial charge in [-0.25, -0.2) is 14.3 Å². The third-order valence-corrected chi connectivity index (χ3v) is 7.25. The number of nitrogens with zero attached hydrogens (tertiary/aromatic N) is 4. The van der Waals surface area contributed by atoms with Gasteiger partial charge in [0, 0.05) is 38.0 Å². The van der Waals surface area contributed by atoms with Crippen LogP contribution in [0.2, 0.25) is 5.15 Å². The van der Waals surface area contributed by atoms with Crippen molar-refractivity contribution in [1.29, 1.82) is 0 Å². The highest BCUT2D eigenvalue weighted by molar-refractivity contribution is 6.29. The maximum absolute atomic E-state index is 14.5. The van der Waals surface area contributed by atoms with Gasteiger partial charge in [0.15, 0.2) is 10.8 Å². The number of likely N-dealkylation sites (tertiary alicyclic amines) is 1. The van der Waals surface area contributed by atoms with E-state index in [1.807, 2.05) is 20.8 Å².